The van der Waals surface area contributed by atoms with Crippen molar-refractivity contribution in [2.75, 3.05) is 18.6 Å². The quantitative estimate of drug-likeness (QED) is 0.781. The van der Waals surface area contributed by atoms with E-state index in [2.05, 4.69) is 24.9 Å². The van der Waals surface area contributed by atoms with Crippen LogP contribution in [0, 0.1) is 0 Å². The van der Waals surface area contributed by atoms with Crippen molar-refractivity contribution >= 4 is 35.0 Å². The van der Waals surface area contributed by atoms with Crippen LogP contribution < -0.4 is 16.2 Å². The number of anilines is 2. The van der Waals surface area contributed by atoms with Crippen LogP contribution in [-0.2, 0) is 0 Å². The molecule has 10 heteroatoms. The van der Waals surface area contributed by atoms with Crippen LogP contribution in [0.5, 0.6) is 6.01 Å². The lowest BCUT2D eigenvalue weighted by molar-refractivity contribution is 0.373. The van der Waals surface area contributed by atoms with Gasteiger partial charge in [0.05, 0.1) is 7.11 Å². The molecule has 2 aromatic rings. The third kappa shape index (κ3) is 3.08. The second kappa shape index (κ2) is 5.19. The van der Waals surface area contributed by atoms with E-state index in [9.17, 15) is 0 Å². The maximum absolute atomic E-state index is 5.71. The van der Waals surface area contributed by atoms with E-state index < -0.39 is 0 Å². The molecule has 0 amide bonds. The van der Waals surface area contributed by atoms with Gasteiger partial charge in [0.25, 0.3) is 0 Å². The van der Waals surface area contributed by atoms with Gasteiger partial charge in [0.15, 0.2) is 5.16 Å². The first kappa shape index (κ1) is 12.6. The normalized spacial score (nSPS) is 10.3. The molecule has 2 heterocycles. The first-order valence-corrected chi connectivity index (χ1v) is 5.79. The number of ether oxygens (including phenoxy) is 1. The highest BCUT2D eigenvalue weighted by Gasteiger charge is 2.09. The van der Waals surface area contributed by atoms with Gasteiger partial charge in [-0.25, -0.2) is 9.97 Å². The van der Waals surface area contributed by atoms with Gasteiger partial charge in [-0.15, -0.1) is 0 Å². The Labute approximate surface area is 111 Å². The molecule has 0 aromatic carbocycles. The van der Waals surface area contributed by atoms with Crippen LogP contribution in [0.2, 0.25) is 5.28 Å². The van der Waals surface area contributed by atoms with E-state index in [4.69, 9.17) is 27.8 Å². The van der Waals surface area contributed by atoms with E-state index in [0.717, 1.165) is 11.8 Å². The average Bonchev–Trinajstić information content (AvgIpc) is 2.26. The van der Waals surface area contributed by atoms with Crippen LogP contribution in [0.15, 0.2) is 16.4 Å². The summed E-state index contributed by atoms with van der Waals surface area (Å²) in [5, 5.41) is 0.620. The van der Waals surface area contributed by atoms with Crippen LogP contribution in [0.4, 0.5) is 11.6 Å². The minimum atomic E-state index is 0.0150. The molecule has 0 saturated heterocycles. The molecule has 0 aliphatic rings. The minimum Gasteiger partial charge on any atom is -0.467 e. The maximum Gasteiger partial charge on any atom is 0.321 e. The number of nitrogens with zero attached hydrogens (tertiary/aromatic N) is 5. The molecule has 2 rings (SSSR count). The number of halogens is 1. The Kier molecular flexibility index (Phi) is 3.63. The molecule has 0 aliphatic heterocycles. The predicted molar refractivity (Wildman–Crippen MR) is 66.4 cm³/mol. The lowest BCUT2D eigenvalue weighted by atomic mass is 10.5. The smallest absolute Gasteiger partial charge is 0.321 e. The summed E-state index contributed by atoms with van der Waals surface area (Å²) in [7, 11) is 1.43. The lowest BCUT2D eigenvalue weighted by Crippen LogP contribution is -2.01. The standard InChI is InChI=1S/C8H8ClN7OS/c1-17-6-14-5(9)15-8(16-6)18-7-12-3(10)2-4(11)13-7/h2H,1H3,(H4,10,11,12,13). The lowest BCUT2D eigenvalue weighted by Gasteiger charge is -2.03. The Hall–Kier alpha value is -1.87. The number of methoxy groups -OCH3 is 1. The Morgan fingerprint density at radius 2 is 1.67 bits per heavy atom. The topological polar surface area (TPSA) is 126 Å². The van der Waals surface area contributed by atoms with E-state index in [1.165, 1.54) is 13.2 Å². The number of hydrogen-bond acceptors (Lipinski definition) is 9. The van der Waals surface area contributed by atoms with Crippen molar-refractivity contribution in [1.82, 2.24) is 24.9 Å². The van der Waals surface area contributed by atoms with Gasteiger partial charge in [0.2, 0.25) is 10.4 Å². The molecule has 94 valence electrons. The van der Waals surface area contributed by atoms with E-state index in [1.807, 2.05) is 0 Å². The summed E-state index contributed by atoms with van der Waals surface area (Å²) in [6.07, 6.45) is 0. The summed E-state index contributed by atoms with van der Waals surface area (Å²) in [4.78, 5) is 19.6. The number of nitrogens with two attached hydrogens (primary N) is 2. The average molecular weight is 286 g/mol. The maximum atomic E-state index is 5.71. The summed E-state index contributed by atoms with van der Waals surface area (Å²) in [5.41, 5.74) is 11.1. The van der Waals surface area contributed by atoms with Crippen molar-refractivity contribution in [1.29, 1.82) is 0 Å². The monoisotopic (exact) mass is 285 g/mol. The van der Waals surface area contributed by atoms with Gasteiger partial charge < -0.3 is 16.2 Å². The molecule has 0 bridgehead atoms. The fourth-order valence-electron chi connectivity index (χ4n) is 1.04. The Bertz CT molecular complexity index is 561. The highest BCUT2D eigenvalue weighted by Crippen LogP contribution is 2.24. The Balaban J connectivity index is 2.30. The van der Waals surface area contributed by atoms with Gasteiger partial charge in [-0.1, -0.05) is 0 Å². The molecular weight excluding hydrogens is 278 g/mol. The molecule has 18 heavy (non-hydrogen) atoms. The summed E-state index contributed by atoms with van der Waals surface area (Å²) in [6.45, 7) is 0. The summed E-state index contributed by atoms with van der Waals surface area (Å²) in [5.74, 6) is 0.522. The summed E-state index contributed by atoms with van der Waals surface area (Å²) >= 11 is 6.76. The zero-order valence-corrected chi connectivity index (χ0v) is 10.7. The van der Waals surface area contributed by atoms with Crippen molar-refractivity contribution in [3.8, 4) is 6.01 Å². The molecule has 0 radical (unpaired) electrons. The Morgan fingerprint density at radius 1 is 1.06 bits per heavy atom. The van der Waals surface area contributed by atoms with Gasteiger partial charge in [-0.2, -0.15) is 15.0 Å². The van der Waals surface area contributed by atoms with Gasteiger partial charge in [0.1, 0.15) is 11.6 Å². The predicted octanol–water partition coefficient (Wildman–Crippen LogP) is 0.639. The minimum absolute atomic E-state index is 0.0150. The van der Waals surface area contributed by atoms with Crippen molar-refractivity contribution in [2.24, 2.45) is 0 Å². The first-order valence-electron chi connectivity index (χ1n) is 4.60. The van der Waals surface area contributed by atoms with Crippen LogP contribution in [0.1, 0.15) is 0 Å². The molecule has 0 atom stereocenters. The third-order valence-electron chi connectivity index (χ3n) is 1.68. The zero-order valence-electron chi connectivity index (χ0n) is 9.16. The van der Waals surface area contributed by atoms with Gasteiger partial charge in [-0.3, -0.25) is 0 Å². The highest BCUT2D eigenvalue weighted by molar-refractivity contribution is 7.99. The van der Waals surface area contributed by atoms with Crippen LogP contribution in [-0.4, -0.2) is 32.0 Å². The summed E-state index contributed by atoms with van der Waals surface area (Å²) in [6, 6.07) is 1.56. The molecule has 0 spiro atoms. The highest BCUT2D eigenvalue weighted by atomic mass is 35.5. The number of aromatic nitrogens is 5. The fourth-order valence-corrected chi connectivity index (χ4v) is 1.96. The second-order valence-corrected chi connectivity index (χ2v) is 4.25. The number of rotatable bonds is 3. The molecule has 2 aromatic heterocycles. The molecular formula is C8H8ClN7OS. The van der Waals surface area contributed by atoms with Crippen molar-refractivity contribution in [3.05, 3.63) is 11.3 Å². The molecule has 0 fully saturated rings. The third-order valence-corrected chi connectivity index (χ3v) is 2.58. The number of nitrogen functional groups attached to an aromatic ring is 2. The molecule has 0 unspecified atom stereocenters. The SMILES string of the molecule is COc1nc(Cl)nc(Sc2nc(N)cc(N)n2)n1. The van der Waals surface area contributed by atoms with Crippen LogP contribution in [0.3, 0.4) is 0 Å². The van der Waals surface area contributed by atoms with E-state index in [0.29, 0.717) is 5.16 Å². The Morgan fingerprint density at radius 3 is 2.28 bits per heavy atom. The van der Waals surface area contributed by atoms with Gasteiger partial charge in [0, 0.05) is 6.07 Å². The molecule has 4 N–H and O–H groups in total. The van der Waals surface area contributed by atoms with Gasteiger partial charge >= 0.3 is 6.01 Å². The zero-order chi connectivity index (χ0) is 13.1. The second-order valence-electron chi connectivity index (χ2n) is 2.98. The van der Waals surface area contributed by atoms with Crippen molar-refractivity contribution in [3.63, 3.8) is 0 Å². The fraction of sp³-hybridized carbons (Fsp3) is 0.125. The molecule has 0 aliphatic carbocycles. The van der Waals surface area contributed by atoms with Crippen molar-refractivity contribution in [2.45, 2.75) is 10.3 Å². The molecule has 0 saturated carbocycles. The summed E-state index contributed by atoms with van der Waals surface area (Å²) < 4.78 is 4.87. The van der Waals surface area contributed by atoms with Gasteiger partial charge in [-0.05, 0) is 23.4 Å². The van der Waals surface area contributed by atoms with Crippen LogP contribution >= 0.6 is 23.4 Å². The number of hydrogen-bond donors (Lipinski definition) is 2. The van der Waals surface area contributed by atoms with E-state index >= 15 is 0 Å². The van der Waals surface area contributed by atoms with Crippen LogP contribution in [0.25, 0.3) is 0 Å². The largest absolute Gasteiger partial charge is 0.467 e. The van der Waals surface area contributed by atoms with Crippen molar-refractivity contribution < 1.29 is 4.74 Å². The molecule has 8 nitrogen and oxygen atoms in total. The van der Waals surface area contributed by atoms with E-state index in [1.54, 1.807) is 0 Å². The first-order chi connectivity index (χ1) is 8.56. The van der Waals surface area contributed by atoms with E-state index in [-0.39, 0.29) is 28.1 Å².